The molecule has 0 aromatic rings. The second-order valence-corrected chi connectivity index (χ2v) is 7.04. The van der Waals surface area contributed by atoms with Gasteiger partial charge >= 0.3 is 0 Å². The molecule has 0 N–H and O–H groups in total. The maximum Gasteiger partial charge on any atom is 0.236 e. The summed E-state index contributed by atoms with van der Waals surface area (Å²) < 4.78 is 0. The Kier molecular flexibility index (Phi) is 5.44. The molecule has 2 saturated heterocycles. The highest BCUT2D eigenvalue weighted by molar-refractivity contribution is 5.78. The van der Waals surface area contributed by atoms with E-state index in [4.69, 9.17) is 0 Å². The summed E-state index contributed by atoms with van der Waals surface area (Å²) >= 11 is 0. The third-order valence-corrected chi connectivity index (χ3v) is 5.01. The number of nitrogens with zero attached hydrogens (tertiary/aromatic N) is 3. The predicted molar refractivity (Wildman–Crippen MR) is 82.7 cm³/mol. The third-order valence-electron chi connectivity index (χ3n) is 5.01. The van der Waals surface area contributed by atoms with Crippen molar-refractivity contribution in [3.05, 3.63) is 0 Å². The van der Waals surface area contributed by atoms with Crippen LogP contribution in [0.15, 0.2) is 0 Å². The Morgan fingerprint density at radius 3 is 2.20 bits per heavy atom. The van der Waals surface area contributed by atoms with Gasteiger partial charge in [0.2, 0.25) is 5.91 Å². The van der Waals surface area contributed by atoms with Crippen LogP contribution < -0.4 is 0 Å². The number of carbonyl (C=O) groups is 1. The van der Waals surface area contributed by atoms with Crippen molar-refractivity contribution in [2.75, 3.05) is 45.8 Å². The van der Waals surface area contributed by atoms with Gasteiger partial charge in [-0.2, -0.15) is 0 Å². The molecule has 0 spiro atoms. The molecule has 116 valence electrons. The molecule has 4 nitrogen and oxygen atoms in total. The first-order valence-electron chi connectivity index (χ1n) is 8.21. The number of hydrogen-bond acceptors (Lipinski definition) is 3. The zero-order valence-electron chi connectivity index (χ0n) is 13.6. The fraction of sp³-hybridized carbons (Fsp3) is 0.938. The molecule has 2 rings (SSSR count). The van der Waals surface area contributed by atoms with E-state index in [0.29, 0.717) is 18.5 Å². The number of piperazine rings is 1. The van der Waals surface area contributed by atoms with Crippen molar-refractivity contribution in [1.29, 1.82) is 0 Å². The van der Waals surface area contributed by atoms with Crippen molar-refractivity contribution in [2.24, 2.45) is 11.8 Å². The first-order chi connectivity index (χ1) is 9.47. The van der Waals surface area contributed by atoms with Crippen LogP contribution in [0.4, 0.5) is 0 Å². The molecule has 0 aliphatic carbocycles. The number of amides is 1. The topological polar surface area (TPSA) is 26.8 Å². The van der Waals surface area contributed by atoms with Gasteiger partial charge in [0.1, 0.15) is 0 Å². The van der Waals surface area contributed by atoms with Crippen LogP contribution in [0.5, 0.6) is 0 Å². The first-order valence-corrected chi connectivity index (χ1v) is 8.21. The smallest absolute Gasteiger partial charge is 0.236 e. The van der Waals surface area contributed by atoms with Crippen molar-refractivity contribution in [2.45, 2.75) is 40.2 Å². The van der Waals surface area contributed by atoms with Crippen LogP contribution in [0.2, 0.25) is 0 Å². The van der Waals surface area contributed by atoms with Crippen LogP contribution in [-0.2, 0) is 4.79 Å². The van der Waals surface area contributed by atoms with E-state index < -0.39 is 0 Å². The van der Waals surface area contributed by atoms with E-state index in [0.717, 1.165) is 51.1 Å². The molecule has 2 aliphatic heterocycles. The van der Waals surface area contributed by atoms with Crippen LogP contribution in [0.3, 0.4) is 0 Å². The summed E-state index contributed by atoms with van der Waals surface area (Å²) in [5, 5.41) is 0. The molecule has 0 aromatic carbocycles. The highest BCUT2D eigenvalue weighted by Crippen LogP contribution is 2.23. The fourth-order valence-electron chi connectivity index (χ4n) is 3.33. The van der Waals surface area contributed by atoms with Crippen LogP contribution in [0.1, 0.15) is 34.1 Å². The van der Waals surface area contributed by atoms with Crippen molar-refractivity contribution in [3.63, 3.8) is 0 Å². The molecule has 2 aliphatic rings. The first kappa shape index (κ1) is 15.8. The van der Waals surface area contributed by atoms with Gasteiger partial charge in [-0.15, -0.1) is 0 Å². The maximum atomic E-state index is 12.4. The second-order valence-electron chi connectivity index (χ2n) is 7.04. The molecule has 4 heteroatoms. The average Bonchev–Trinajstić information content (AvgIpc) is 2.87. The molecular formula is C16H31N3O. The van der Waals surface area contributed by atoms with E-state index in [-0.39, 0.29) is 0 Å². The lowest BCUT2D eigenvalue weighted by Crippen LogP contribution is -2.52. The Balaban J connectivity index is 1.74. The van der Waals surface area contributed by atoms with Gasteiger partial charge in [-0.25, -0.2) is 0 Å². The highest BCUT2D eigenvalue weighted by atomic mass is 16.2. The Hall–Kier alpha value is -0.610. The Labute approximate surface area is 124 Å². The zero-order valence-corrected chi connectivity index (χ0v) is 13.6. The molecule has 0 aromatic heterocycles. The van der Waals surface area contributed by atoms with Crippen molar-refractivity contribution >= 4 is 5.91 Å². The second kappa shape index (κ2) is 6.90. The van der Waals surface area contributed by atoms with Gasteiger partial charge in [-0.1, -0.05) is 13.8 Å². The number of hydrogen-bond donors (Lipinski definition) is 0. The minimum Gasteiger partial charge on any atom is -0.339 e. The van der Waals surface area contributed by atoms with Gasteiger partial charge < -0.3 is 4.90 Å². The van der Waals surface area contributed by atoms with Gasteiger partial charge in [0, 0.05) is 38.8 Å². The van der Waals surface area contributed by atoms with E-state index in [1.54, 1.807) is 0 Å². The number of carbonyl (C=O) groups excluding carboxylic acids is 1. The zero-order chi connectivity index (χ0) is 14.7. The Morgan fingerprint density at radius 1 is 1.05 bits per heavy atom. The molecule has 1 atom stereocenters. The molecule has 0 saturated carbocycles. The minimum atomic E-state index is 0.331. The van der Waals surface area contributed by atoms with Gasteiger partial charge in [-0.3, -0.25) is 14.6 Å². The molecule has 20 heavy (non-hydrogen) atoms. The lowest BCUT2D eigenvalue weighted by Gasteiger charge is -2.37. The lowest BCUT2D eigenvalue weighted by atomic mass is 9.95. The minimum absolute atomic E-state index is 0.331. The largest absolute Gasteiger partial charge is 0.339 e. The maximum absolute atomic E-state index is 12.4. The van der Waals surface area contributed by atoms with E-state index in [2.05, 4.69) is 42.4 Å². The predicted octanol–water partition coefficient (Wildman–Crippen LogP) is 1.52. The Bertz CT molecular complexity index is 322. The monoisotopic (exact) mass is 281 g/mol. The summed E-state index contributed by atoms with van der Waals surface area (Å²) in [7, 11) is 0. The van der Waals surface area contributed by atoms with Crippen LogP contribution in [-0.4, -0.2) is 72.5 Å². The van der Waals surface area contributed by atoms with Gasteiger partial charge in [0.25, 0.3) is 0 Å². The molecule has 0 unspecified atom stereocenters. The van der Waals surface area contributed by atoms with Crippen molar-refractivity contribution in [3.8, 4) is 0 Å². The lowest BCUT2D eigenvalue weighted by molar-refractivity contribution is -0.134. The molecule has 2 heterocycles. The standard InChI is InChI=1S/C16H31N3O/c1-13(2)15-5-6-17(11-15)12-16(20)19-9-7-18(8-10-19)14(3)4/h13-15H,5-12H2,1-4H3/t15-/m0/s1. The van der Waals surface area contributed by atoms with Crippen LogP contribution in [0, 0.1) is 11.8 Å². The summed E-state index contributed by atoms with van der Waals surface area (Å²) in [5.41, 5.74) is 0. The number of rotatable bonds is 4. The third kappa shape index (κ3) is 3.95. The van der Waals surface area contributed by atoms with Gasteiger partial charge in [-0.05, 0) is 38.6 Å². The molecular weight excluding hydrogens is 250 g/mol. The van der Waals surface area contributed by atoms with Crippen LogP contribution in [0.25, 0.3) is 0 Å². The van der Waals surface area contributed by atoms with E-state index >= 15 is 0 Å². The average molecular weight is 281 g/mol. The van der Waals surface area contributed by atoms with E-state index in [9.17, 15) is 4.79 Å². The quantitative estimate of drug-likeness (QED) is 0.782. The summed E-state index contributed by atoms with van der Waals surface area (Å²) in [6, 6.07) is 0.595. The van der Waals surface area contributed by atoms with Crippen LogP contribution >= 0.6 is 0 Å². The summed E-state index contributed by atoms with van der Waals surface area (Å²) in [6.45, 7) is 15.7. The molecule has 0 bridgehead atoms. The van der Waals surface area contributed by atoms with E-state index in [1.165, 1.54) is 6.42 Å². The number of likely N-dealkylation sites (tertiary alicyclic amines) is 1. The highest BCUT2D eigenvalue weighted by Gasteiger charge is 2.28. The summed E-state index contributed by atoms with van der Waals surface area (Å²) in [4.78, 5) is 19.2. The summed E-state index contributed by atoms with van der Waals surface area (Å²) in [5.74, 6) is 1.85. The van der Waals surface area contributed by atoms with Crippen molar-refractivity contribution in [1.82, 2.24) is 14.7 Å². The molecule has 1 amide bonds. The normalized spacial score (nSPS) is 25.9. The summed E-state index contributed by atoms with van der Waals surface area (Å²) in [6.07, 6.45) is 1.26. The molecule has 0 radical (unpaired) electrons. The SMILES string of the molecule is CC(C)[C@H]1CCN(CC(=O)N2CCN(C(C)C)CC2)C1. The molecule has 2 fully saturated rings. The van der Waals surface area contributed by atoms with Gasteiger partial charge in [0.05, 0.1) is 6.54 Å². The van der Waals surface area contributed by atoms with Crippen molar-refractivity contribution < 1.29 is 4.79 Å². The fourth-order valence-corrected chi connectivity index (χ4v) is 3.33. The van der Waals surface area contributed by atoms with Gasteiger partial charge in [0.15, 0.2) is 0 Å². The Morgan fingerprint density at radius 2 is 1.70 bits per heavy atom. The van der Waals surface area contributed by atoms with E-state index in [1.807, 2.05) is 0 Å².